The van der Waals surface area contributed by atoms with Crippen molar-refractivity contribution in [1.29, 1.82) is 0 Å². The zero-order valence-corrected chi connectivity index (χ0v) is 9.65. The normalized spacial score (nSPS) is 6.42. The van der Waals surface area contributed by atoms with Gasteiger partial charge in [0.15, 0.2) is 0 Å². The molecule has 0 bridgehead atoms. The third-order valence-corrected chi connectivity index (χ3v) is 1.38. The second kappa shape index (κ2) is 11.4. The van der Waals surface area contributed by atoms with Crippen LogP contribution in [-0.4, -0.2) is 0 Å². The summed E-state index contributed by atoms with van der Waals surface area (Å²) in [5, 5.41) is 0. The monoisotopic (exact) mass is 269 g/mol. The van der Waals surface area contributed by atoms with E-state index >= 15 is 0 Å². The number of para-hydroxylation sites is 1. The van der Waals surface area contributed by atoms with Crippen LogP contribution in [0.2, 0.25) is 5.82 Å². The van der Waals surface area contributed by atoms with E-state index in [1.165, 1.54) is 0 Å². The molecule has 0 aromatic heterocycles. The molecule has 0 saturated carbocycles. The largest absolute Gasteiger partial charge is 1.00 e. The molecule has 0 unspecified atom stereocenters. The van der Waals surface area contributed by atoms with Crippen molar-refractivity contribution in [2.24, 2.45) is 0 Å². The van der Waals surface area contributed by atoms with Gasteiger partial charge in [0.25, 0.3) is 0 Å². The maximum absolute atomic E-state index is 5.21. The summed E-state index contributed by atoms with van der Waals surface area (Å²) < 4.78 is 5.21. The Bertz CT molecular complexity index is 172. The number of hydrogen-bond acceptors (Lipinski definition) is 1. The van der Waals surface area contributed by atoms with E-state index in [1.807, 2.05) is 36.2 Å². The zero-order chi connectivity index (χ0) is 6.53. The van der Waals surface area contributed by atoms with Gasteiger partial charge in [0.1, 0.15) is 0 Å². The van der Waals surface area contributed by atoms with Gasteiger partial charge in [-0.1, -0.05) is 0 Å². The topological polar surface area (TPSA) is 9.23 Å². The first-order chi connectivity index (χ1) is 4.43. The van der Waals surface area contributed by atoms with Crippen molar-refractivity contribution in [3.8, 4) is 5.75 Å². The molecule has 1 aromatic carbocycles. The average Bonchev–Trinajstić information content (AvgIpc) is 1.91. The molecular weight excluding hydrogens is 262 g/mol. The molecule has 0 fully saturated rings. The van der Waals surface area contributed by atoms with Gasteiger partial charge in [-0.25, -0.2) is 0 Å². The van der Waals surface area contributed by atoms with E-state index in [9.17, 15) is 0 Å². The van der Waals surface area contributed by atoms with Gasteiger partial charge in [-0.15, -0.1) is 0 Å². The van der Waals surface area contributed by atoms with Crippen molar-refractivity contribution < 1.29 is 56.3 Å². The molecule has 0 amide bonds. The first-order valence-electron chi connectivity index (χ1n) is 2.61. The Morgan fingerprint density at radius 1 is 1.00 bits per heavy atom. The van der Waals surface area contributed by atoms with Gasteiger partial charge in [0.2, 0.25) is 0 Å². The first kappa shape index (κ1) is 18.2. The number of benzene rings is 1. The molecule has 5 heteroatoms. The minimum absolute atomic E-state index is 0. The quantitative estimate of drug-likeness (QED) is 0.486. The van der Waals surface area contributed by atoms with E-state index < -0.39 is 0 Å². The van der Waals surface area contributed by atoms with Crippen LogP contribution in [0.4, 0.5) is 0 Å². The Morgan fingerprint density at radius 3 is 1.92 bits per heavy atom. The molecule has 0 aliphatic heterocycles. The smallest absolute Gasteiger partial charge is 1.00 e. The fraction of sp³-hybridized carbons (Fsp3) is 0.143. The predicted molar refractivity (Wildman–Crippen MR) is 32.9 cm³/mol. The van der Waals surface area contributed by atoms with Gasteiger partial charge in [-0.05, 0) is 0 Å². The molecular formula is C7H8Cl3FeO. The van der Waals surface area contributed by atoms with Crippen molar-refractivity contribution in [1.82, 2.24) is 0 Å². The van der Waals surface area contributed by atoms with E-state index in [2.05, 4.69) is 0 Å². The van der Waals surface area contributed by atoms with Gasteiger partial charge >= 0.3 is 61.0 Å². The van der Waals surface area contributed by atoms with Crippen LogP contribution in [0.3, 0.4) is 0 Å². The molecule has 0 atom stereocenters. The van der Waals surface area contributed by atoms with Crippen LogP contribution >= 0.6 is 0 Å². The van der Waals surface area contributed by atoms with Crippen LogP contribution in [-0.2, 0) is 15.3 Å². The second-order valence-corrected chi connectivity index (χ2v) is 2.21. The standard InChI is InChI=1S/C6H6O.CH3.3ClH.Fe/c7-6-4-2-1-3-5-6;;;;;/h1-5,7H;1H3;3*1H;/q;;;;;+4/p-4. The van der Waals surface area contributed by atoms with Crippen molar-refractivity contribution >= 4 is 0 Å². The maximum atomic E-state index is 5.21. The Labute approximate surface area is 98.0 Å². The summed E-state index contributed by atoms with van der Waals surface area (Å²) in [5.74, 6) is 2.92. The summed E-state index contributed by atoms with van der Waals surface area (Å²) in [7, 11) is 0. The van der Waals surface area contributed by atoms with E-state index in [4.69, 9.17) is 3.82 Å². The summed E-state index contributed by atoms with van der Waals surface area (Å²) in [6, 6.07) is 9.80. The average molecular weight is 270 g/mol. The Balaban J connectivity index is -0.000000270. The molecule has 1 rings (SSSR count). The molecule has 0 N–H and O–H groups in total. The molecule has 1 aromatic rings. The molecule has 12 heavy (non-hydrogen) atoms. The van der Waals surface area contributed by atoms with Crippen LogP contribution in [0.15, 0.2) is 30.3 Å². The van der Waals surface area contributed by atoms with Crippen molar-refractivity contribution in [2.75, 3.05) is 0 Å². The number of rotatable bonds is 2. The molecule has 0 heterocycles. The van der Waals surface area contributed by atoms with Crippen molar-refractivity contribution in [2.45, 2.75) is 5.82 Å². The van der Waals surface area contributed by atoms with Crippen molar-refractivity contribution in [3.05, 3.63) is 30.3 Å². The summed E-state index contributed by atoms with van der Waals surface area (Å²) in [5.41, 5.74) is 0. The Morgan fingerprint density at radius 2 is 1.50 bits per heavy atom. The van der Waals surface area contributed by atoms with Crippen LogP contribution < -0.4 is 41.0 Å². The molecule has 0 saturated heterocycles. The second-order valence-electron chi connectivity index (χ2n) is 1.53. The minimum Gasteiger partial charge on any atom is -1.00 e. The Hall–Kier alpha value is 0.409. The third kappa shape index (κ3) is 7.08. The minimum atomic E-state index is 0. The maximum Gasteiger partial charge on any atom is -1.00 e. The number of halogens is 3. The van der Waals surface area contributed by atoms with Crippen LogP contribution in [0.25, 0.3) is 0 Å². The van der Waals surface area contributed by atoms with Crippen LogP contribution in [0.5, 0.6) is 5.75 Å². The van der Waals surface area contributed by atoms with Crippen LogP contribution in [0, 0.1) is 0 Å². The van der Waals surface area contributed by atoms with E-state index in [0.717, 1.165) is 21.0 Å². The summed E-state index contributed by atoms with van der Waals surface area (Å²) in [6.45, 7) is 0. The molecule has 0 aliphatic carbocycles. The summed E-state index contributed by atoms with van der Waals surface area (Å²) in [6.07, 6.45) is 0. The van der Waals surface area contributed by atoms with Crippen molar-refractivity contribution in [3.63, 3.8) is 0 Å². The Kier molecular flexibility index (Phi) is 17.3. The molecule has 0 aliphatic rings. The van der Waals surface area contributed by atoms with Gasteiger partial charge in [0, 0.05) is 0 Å². The molecule has 71 valence electrons. The van der Waals surface area contributed by atoms with E-state index in [1.54, 1.807) is 0 Å². The van der Waals surface area contributed by atoms with Gasteiger partial charge in [0.05, 0.1) is 0 Å². The SMILES string of the molecule is [CH3][Fe+3][O]c1ccccc1.[Cl-].[Cl-].[Cl-]. The predicted octanol–water partition coefficient (Wildman–Crippen LogP) is -6.88. The van der Waals surface area contributed by atoms with E-state index in [-0.39, 0.29) is 37.2 Å². The van der Waals surface area contributed by atoms with Gasteiger partial charge in [-0.3, -0.25) is 0 Å². The van der Waals surface area contributed by atoms with Crippen LogP contribution in [0.1, 0.15) is 0 Å². The van der Waals surface area contributed by atoms with Gasteiger partial charge in [-0.2, -0.15) is 0 Å². The van der Waals surface area contributed by atoms with Gasteiger partial charge < -0.3 is 37.2 Å². The number of hydrogen-bond donors (Lipinski definition) is 0. The molecule has 0 spiro atoms. The fourth-order valence-corrected chi connectivity index (χ4v) is 0.962. The summed E-state index contributed by atoms with van der Waals surface area (Å²) in [4.78, 5) is 0. The molecule has 0 radical (unpaired) electrons. The van der Waals surface area contributed by atoms with E-state index in [0.29, 0.717) is 0 Å². The fourth-order valence-electron chi connectivity index (χ4n) is 0.552. The summed E-state index contributed by atoms with van der Waals surface area (Å²) >= 11 is 0.740. The molecule has 1 nitrogen and oxygen atoms in total. The third-order valence-electron chi connectivity index (χ3n) is 0.899. The first-order valence-corrected chi connectivity index (χ1v) is 4.17. The zero-order valence-electron chi connectivity index (χ0n) is 6.28.